The summed E-state index contributed by atoms with van der Waals surface area (Å²) < 4.78 is 5.16. The minimum Gasteiger partial charge on any atom is -0.497 e. The number of hydrogen-bond acceptors (Lipinski definition) is 5. The fourth-order valence-corrected chi connectivity index (χ4v) is 3.06. The molecule has 0 saturated carbocycles. The second-order valence-corrected chi connectivity index (χ2v) is 6.85. The van der Waals surface area contributed by atoms with Crippen LogP contribution in [0.15, 0.2) is 82.9 Å². The summed E-state index contributed by atoms with van der Waals surface area (Å²) in [5, 5.41) is 8.53. The van der Waals surface area contributed by atoms with E-state index in [9.17, 15) is 9.59 Å². The maximum atomic E-state index is 12.6. The molecule has 2 N–H and O–H groups in total. The quantitative estimate of drug-likeness (QED) is 0.358. The molecule has 3 aromatic rings. The van der Waals surface area contributed by atoms with Crippen molar-refractivity contribution in [3.63, 3.8) is 0 Å². The number of carbonyl (C=O) groups excluding carboxylic acids is 2. The van der Waals surface area contributed by atoms with Gasteiger partial charge in [-0.2, -0.15) is 5.10 Å². The Labute approximate surface area is 172 Å². The lowest BCUT2D eigenvalue weighted by molar-refractivity contribution is -0.117. The second kappa shape index (κ2) is 10.0. The summed E-state index contributed by atoms with van der Waals surface area (Å²) in [7, 11) is 1.58. The molecule has 0 spiro atoms. The van der Waals surface area contributed by atoms with Crippen LogP contribution in [-0.2, 0) is 4.79 Å². The smallest absolute Gasteiger partial charge is 0.287 e. The molecule has 0 radical (unpaired) electrons. The van der Waals surface area contributed by atoms with E-state index in [0.29, 0.717) is 11.3 Å². The van der Waals surface area contributed by atoms with Gasteiger partial charge in [-0.1, -0.05) is 36.4 Å². The molecular formula is C22H19N3O3S. The Bertz CT molecular complexity index is 1030. The molecule has 0 aliphatic carbocycles. The Morgan fingerprint density at radius 1 is 1.03 bits per heavy atom. The standard InChI is InChI=1S/C22H19N3O3S/c1-28-18-10-5-7-16(13-18)15-23-25-22(27)20(14-19-11-6-12-29-19)24-21(26)17-8-3-2-4-9-17/h2-15H,1H3,(H,24,26)(H,25,27)/b20-14+,23-15?. The number of benzene rings is 2. The molecule has 0 atom stereocenters. The topological polar surface area (TPSA) is 79.8 Å². The summed E-state index contributed by atoms with van der Waals surface area (Å²) in [6.45, 7) is 0. The van der Waals surface area contributed by atoms with Crippen molar-refractivity contribution >= 4 is 35.4 Å². The van der Waals surface area contributed by atoms with Crippen molar-refractivity contribution in [2.24, 2.45) is 5.10 Å². The number of nitrogens with zero attached hydrogens (tertiary/aromatic N) is 1. The van der Waals surface area contributed by atoms with Gasteiger partial charge in [0.2, 0.25) is 0 Å². The van der Waals surface area contributed by atoms with Crippen molar-refractivity contribution in [2.45, 2.75) is 0 Å². The summed E-state index contributed by atoms with van der Waals surface area (Å²) in [6.07, 6.45) is 3.12. The van der Waals surface area contributed by atoms with E-state index in [-0.39, 0.29) is 11.6 Å². The van der Waals surface area contributed by atoms with Crippen molar-refractivity contribution in [1.82, 2.24) is 10.7 Å². The van der Waals surface area contributed by atoms with Gasteiger partial charge in [0.25, 0.3) is 11.8 Å². The zero-order chi connectivity index (χ0) is 20.5. The Hall–Kier alpha value is -3.71. The molecule has 2 amide bonds. The van der Waals surface area contributed by atoms with Gasteiger partial charge in [0, 0.05) is 10.4 Å². The largest absolute Gasteiger partial charge is 0.497 e. The predicted molar refractivity (Wildman–Crippen MR) is 115 cm³/mol. The van der Waals surface area contributed by atoms with Gasteiger partial charge in [-0.25, -0.2) is 5.43 Å². The van der Waals surface area contributed by atoms with E-state index in [1.165, 1.54) is 17.6 Å². The van der Waals surface area contributed by atoms with Crippen LogP contribution in [-0.4, -0.2) is 25.1 Å². The fourth-order valence-electron chi connectivity index (χ4n) is 2.41. The van der Waals surface area contributed by atoms with Gasteiger partial charge >= 0.3 is 0 Å². The highest BCUT2D eigenvalue weighted by molar-refractivity contribution is 7.10. The Balaban J connectivity index is 1.74. The van der Waals surface area contributed by atoms with Crippen molar-refractivity contribution < 1.29 is 14.3 Å². The predicted octanol–water partition coefficient (Wildman–Crippen LogP) is 3.68. The third-order valence-corrected chi connectivity index (χ3v) is 4.65. The maximum absolute atomic E-state index is 12.6. The van der Waals surface area contributed by atoms with E-state index in [1.54, 1.807) is 43.5 Å². The van der Waals surface area contributed by atoms with Crippen LogP contribution in [0.25, 0.3) is 6.08 Å². The van der Waals surface area contributed by atoms with E-state index in [4.69, 9.17) is 4.74 Å². The van der Waals surface area contributed by atoms with Crippen LogP contribution < -0.4 is 15.5 Å². The molecule has 0 bridgehead atoms. The van der Waals surface area contributed by atoms with Crippen LogP contribution in [0.4, 0.5) is 0 Å². The van der Waals surface area contributed by atoms with E-state index in [0.717, 1.165) is 10.4 Å². The van der Waals surface area contributed by atoms with Gasteiger partial charge in [-0.3, -0.25) is 9.59 Å². The molecule has 1 heterocycles. The molecule has 3 rings (SSSR count). The zero-order valence-electron chi connectivity index (χ0n) is 15.7. The molecule has 0 saturated heterocycles. The van der Waals surface area contributed by atoms with Crippen molar-refractivity contribution in [2.75, 3.05) is 7.11 Å². The van der Waals surface area contributed by atoms with Crippen LogP contribution in [0.2, 0.25) is 0 Å². The summed E-state index contributed by atoms with van der Waals surface area (Å²) in [4.78, 5) is 25.9. The molecule has 2 aromatic carbocycles. The first-order valence-electron chi connectivity index (χ1n) is 8.75. The van der Waals surface area contributed by atoms with Gasteiger partial charge in [0.15, 0.2) is 0 Å². The number of amides is 2. The number of hydrazone groups is 1. The van der Waals surface area contributed by atoms with Crippen LogP contribution in [0, 0.1) is 0 Å². The molecule has 0 aliphatic rings. The molecule has 146 valence electrons. The van der Waals surface area contributed by atoms with Gasteiger partial charge in [0.05, 0.1) is 13.3 Å². The second-order valence-electron chi connectivity index (χ2n) is 5.87. The van der Waals surface area contributed by atoms with E-state index < -0.39 is 5.91 Å². The Morgan fingerprint density at radius 2 is 1.86 bits per heavy atom. The Kier molecular flexibility index (Phi) is 6.91. The van der Waals surface area contributed by atoms with Crippen LogP contribution >= 0.6 is 11.3 Å². The molecule has 0 aliphatic heterocycles. The molecule has 29 heavy (non-hydrogen) atoms. The highest BCUT2D eigenvalue weighted by atomic mass is 32.1. The third-order valence-electron chi connectivity index (χ3n) is 3.83. The molecule has 7 heteroatoms. The minimum atomic E-state index is -0.526. The van der Waals surface area contributed by atoms with E-state index >= 15 is 0 Å². The lowest BCUT2D eigenvalue weighted by atomic mass is 10.2. The number of thiophene rings is 1. The van der Waals surface area contributed by atoms with Gasteiger partial charge < -0.3 is 10.1 Å². The average molecular weight is 405 g/mol. The summed E-state index contributed by atoms with van der Waals surface area (Å²) in [6, 6.07) is 19.7. The van der Waals surface area contributed by atoms with E-state index in [2.05, 4.69) is 15.8 Å². The first kappa shape index (κ1) is 20.0. The maximum Gasteiger partial charge on any atom is 0.287 e. The van der Waals surface area contributed by atoms with Crippen molar-refractivity contribution in [1.29, 1.82) is 0 Å². The summed E-state index contributed by atoms with van der Waals surface area (Å²) in [5.74, 6) is -0.212. The molecule has 6 nitrogen and oxygen atoms in total. The molecule has 0 fully saturated rings. The average Bonchev–Trinajstić information content (AvgIpc) is 3.27. The van der Waals surface area contributed by atoms with E-state index in [1.807, 2.05) is 41.8 Å². The SMILES string of the molecule is COc1cccc(C=NNC(=O)/C(=C\c2cccs2)NC(=O)c2ccccc2)c1. The number of methoxy groups -OCH3 is 1. The van der Waals surface area contributed by atoms with Crippen LogP contribution in [0.3, 0.4) is 0 Å². The van der Waals surface area contributed by atoms with Gasteiger partial charge in [-0.05, 0) is 47.4 Å². The van der Waals surface area contributed by atoms with Crippen LogP contribution in [0.1, 0.15) is 20.8 Å². The van der Waals surface area contributed by atoms with Crippen molar-refractivity contribution in [3.8, 4) is 5.75 Å². The number of rotatable bonds is 7. The molecule has 1 aromatic heterocycles. The van der Waals surface area contributed by atoms with Crippen LogP contribution in [0.5, 0.6) is 5.75 Å². The monoisotopic (exact) mass is 405 g/mol. The minimum absolute atomic E-state index is 0.101. The lowest BCUT2D eigenvalue weighted by Gasteiger charge is -2.08. The number of ether oxygens (including phenoxy) is 1. The Morgan fingerprint density at radius 3 is 2.59 bits per heavy atom. The number of hydrogen-bond donors (Lipinski definition) is 2. The number of nitrogens with one attached hydrogen (secondary N) is 2. The number of carbonyl (C=O) groups is 2. The third kappa shape index (κ3) is 5.88. The molecular weight excluding hydrogens is 386 g/mol. The summed E-state index contributed by atoms with van der Waals surface area (Å²) >= 11 is 1.46. The first-order valence-corrected chi connectivity index (χ1v) is 9.63. The van der Waals surface area contributed by atoms with Gasteiger partial charge in [-0.15, -0.1) is 11.3 Å². The summed E-state index contributed by atoms with van der Waals surface area (Å²) in [5.41, 5.74) is 3.77. The molecule has 0 unspecified atom stereocenters. The first-order chi connectivity index (χ1) is 14.2. The fraction of sp³-hybridized carbons (Fsp3) is 0.0455. The normalized spacial score (nSPS) is 11.3. The lowest BCUT2D eigenvalue weighted by Crippen LogP contribution is -2.32. The van der Waals surface area contributed by atoms with Crippen molar-refractivity contribution in [3.05, 3.63) is 93.8 Å². The van der Waals surface area contributed by atoms with Gasteiger partial charge in [0.1, 0.15) is 11.4 Å². The highest BCUT2D eigenvalue weighted by Gasteiger charge is 2.14. The zero-order valence-corrected chi connectivity index (χ0v) is 16.5. The highest BCUT2D eigenvalue weighted by Crippen LogP contribution is 2.13.